The molecule has 0 spiro atoms. The number of fused-ring (bicyclic) bond motifs is 2. The molecule has 2 aliphatic rings. The van der Waals surface area contributed by atoms with Gasteiger partial charge in [0.25, 0.3) is 11.8 Å². The third-order valence-electron chi connectivity index (χ3n) is 10.3. The topological polar surface area (TPSA) is 129 Å². The number of para-hydroxylation sites is 2. The summed E-state index contributed by atoms with van der Waals surface area (Å²) in [6, 6.07) is 28.5. The molecular weight excluding hydrogens is 845 g/mol. The average molecular weight is 886 g/mol. The second kappa shape index (κ2) is 19.3. The number of primary amides is 1. The van der Waals surface area contributed by atoms with E-state index >= 15 is 0 Å². The van der Waals surface area contributed by atoms with Crippen molar-refractivity contribution in [1.29, 1.82) is 0 Å². The third kappa shape index (κ3) is 12.0. The zero-order chi connectivity index (χ0) is 43.9. The molecule has 0 aromatic heterocycles. The number of nitrogens with one attached hydrogen (secondary N) is 4. The Morgan fingerprint density at radius 1 is 0.672 bits per heavy atom. The molecule has 3 atom stereocenters. The lowest BCUT2D eigenvalue weighted by Crippen LogP contribution is -2.51. The molecular formula is C44H40Cl2F6N6O3. The van der Waals surface area contributed by atoms with E-state index in [-0.39, 0.29) is 41.0 Å². The summed E-state index contributed by atoms with van der Waals surface area (Å²) in [7, 11) is 0. The van der Waals surface area contributed by atoms with Gasteiger partial charge in [-0.3, -0.25) is 19.3 Å². The maximum Gasteiger partial charge on any atom is 0.416 e. The van der Waals surface area contributed by atoms with Gasteiger partial charge in [0.15, 0.2) is 0 Å². The number of alkyl halides is 6. The Labute approximate surface area is 357 Å². The second-order valence-corrected chi connectivity index (χ2v) is 15.4. The van der Waals surface area contributed by atoms with Gasteiger partial charge >= 0.3 is 12.4 Å². The van der Waals surface area contributed by atoms with Crippen molar-refractivity contribution in [1.82, 2.24) is 15.5 Å². The number of rotatable bonds is 11. The van der Waals surface area contributed by atoms with E-state index in [1.54, 1.807) is 48.5 Å². The Hall–Kier alpha value is -5.77. The molecule has 3 amide bonds. The van der Waals surface area contributed by atoms with Gasteiger partial charge in [-0.15, -0.1) is 0 Å². The lowest BCUT2D eigenvalue weighted by molar-refractivity contribution is -0.138. The van der Waals surface area contributed by atoms with Crippen molar-refractivity contribution in [3.63, 3.8) is 0 Å². The Morgan fingerprint density at radius 2 is 1.20 bits per heavy atom. The first-order chi connectivity index (χ1) is 28.9. The molecule has 7 rings (SSSR count). The van der Waals surface area contributed by atoms with Gasteiger partial charge in [-0.2, -0.15) is 26.3 Å². The van der Waals surface area contributed by atoms with Crippen LogP contribution in [0.3, 0.4) is 0 Å². The number of carbonyl (C=O) groups excluding carboxylic acids is 3. The van der Waals surface area contributed by atoms with Crippen LogP contribution in [0.25, 0.3) is 0 Å². The SMILES string of the molecule is NC(=O)c1ccccc1Nc1cccc(C(F)(F)F)c1.O=C(CNC(=O)c1ccccc1Nc1cccc(C(F)(F)F)c1)NC1C[C@H]2CC[C@@H](C1)N2Cc1ccc(Cl)cc1Cl. The number of amides is 3. The van der Waals surface area contributed by atoms with Crippen molar-refractivity contribution >= 4 is 63.7 Å². The van der Waals surface area contributed by atoms with Crippen molar-refractivity contribution in [2.24, 2.45) is 5.73 Å². The quantitative estimate of drug-likeness (QED) is 0.0841. The van der Waals surface area contributed by atoms with Gasteiger partial charge in [0.05, 0.1) is 40.2 Å². The molecule has 61 heavy (non-hydrogen) atoms. The van der Waals surface area contributed by atoms with E-state index in [1.165, 1.54) is 30.3 Å². The molecule has 0 aliphatic carbocycles. The van der Waals surface area contributed by atoms with E-state index < -0.39 is 35.3 Å². The average Bonchev–Trinajstić information content (AvgIpc) is 3.44. The minimum atomic E-state index is -4.48. The second-order valence-electron chi connectivity index (χ2n) is 14.6. The van der Waals surface area contributed by atoms with Gasteiger partial charge < -0.3 is 27.0 Å². The largest absolute Gasteiger partial charge is 0.416 e. The molecule has 2 fully saturated rings. The van der Waals surface area contributed by atoms with Crippen LogP contribution in [0.1, 0.15) is 63.1 Å². The fourth-order valence-electron chi connectivity index (χ4n) is 7.49. The zero-order valence-electron chi connectivity index (χ0n) is 32.2. The minimum absolute atomic E-state index is 0.00343. The van der Waals surface area contributed by atoms with Gasteiger partial charge in [0, 0.05) is 46.1 Å². The highest BCUT2D eigenvalue weighted by Crippen LogP contribution is 2.38. The first kappa shape index (κ1) is 44.8. The Morgan fingerprint density at radius 3 is 1.72 bits per heavy atom. The zero-order valence-corrected chi connectivity index (χ0v) is 33.7. The molecule has 5 aromatic carbocycles. The van der Waals surface area contributed by atoms with Gasteiger partial charge in [-0.25, -0.2) is 0 Å². The summed E-state index contributed by atoms with van der Waals surface area (Å²) < 4.78 is 77.1. The molecule has 17 heteroatoms. The van der Waals surface area contributed by atoms with Crippen LogP contribution in [0.5, 0.6) is 0 Å². The summed E-state index contributed by atoms with van der Waals surface area (Å²) in [5.74, 6) is -1.45. The molecule has 9 nitrogen and oxygen atoms in total. The van der Waals surface area contributed by atoms with Gasteiger partial charge in [0.1, 0.15) is 0 Å². The molecule has 5 aromatic rings. The first-order valence-corrected chi connectivity index (χ1v) is 19.8. The van der Waals surface area contributed by atoms with Crippen molar-refractivity contribution < 1.29 is 40.7 Å². The number of halogens is 8. The highest BCUT2D eigenvalue weighted by Gasteiger charge is 2.41. The molecule has 0 saturated carbocycles. The number of piperidine rings is 1. The summed E-state index contributed by atoms with van der Waals surface area (Å²) >= 11 is 12.4. The summed E-state index contributed by atoms with van der Waals surface area (Å²) in [5.41, 5.74) is 6.21. The highest BCUT2D eigenvalue weighted by atomic mass is 35.5. The minimum Gasteiger partial charge on any atom is -0.366 e. The predicted molar refractivity (Wildman–Crippen MR) is 223 cm³/mol. The van der Waals surface area contributed by atoms with E-state index in [1.807, 2.05) is 12.1 Å². The van der Waals surface area contributed by atoms with Crippen molar-refractivity contribution in [3.8, 4) is 0 Å². The molecule has 1 unspecified atom stereocenters. The van der Waals surface area contributed by atoms with Crippen LogP contribution < -0.4 is 27.0 Å². The van der Waals surface area contributed by atoms with Crippen LogP contribution in [-0.4, -0.2) is 47.3 Å². The monoisotopic (exact) mass is 884 g/mol. The predicted octanol–water partition coefficient (Wildman–Crippen LogP) is 10.3. The number of anilines is 4. The molecule has 0 radical (unpaired) electrons. The fraction of sp³-hybridized carbons (Fsp3) is 0.250. The highest BCUT2D eigenvalue weighted by molar-refractivity contribution is 6.35. The van der Waals surface area contributed by atoms with Crippen LogP contribution in [0.2, 0.25) is 10.0 Å². The lowest BCUT2D eigenvalue weighted by atomic mass is 9.96. The molecule has 2 saturated heterocycles. The van der Waals surface area contributed by atoms with Crippen molar-refractivity contribution in [2.45, 2.75) is 62.7 Å². The molecule has 2 heterocycles. The van der Waals surface area contributed by atoms with Gasteiger partial charge in [0.2, 0.25) is 5.91 Å². The fourth-order valence-corrected chi connectivity index (χ4v) is 7.95. The van der Waals surface area contributed by atoms with Crippen LogP contribution in [0.15, 0.2) is 115 Å². The maximum atomic E-state index is 13.1. The summed E-state index contributed by atoms with van der Waals surface area (Å²) in [6.07, 6.45) is -5.18. The first-order valence-electron chi connectivity index (χ1n) is 19.1. The number of nitrogens with two attached hydrogens (primary N) is 1. The number of hydrogen-bond acceptors (Lipinski definition) is 6. The third-order valence-corrected chi connectivity index (χ3v) is 10.9. The van der Waals surface area contributed by atoms with Crippen molar-refractivity contribution in [3.05, 3.63) is 153 Å². The normalized spacial score (nSPS) is 17.4. The van der Waals surface area contributed by atoms with E-state index in [0.29, 0.717) is 33.5 Å². The van der Waals surface area contributed by atoms with Crippen LogP contribution >= 0.6 is 23.2 Å². The van der Waals surface area contributed by atoms with E-state index in [9.17, 15) is 40.7 Å². The smallest absolute Gasteiger partial charge is 0.366 e. The standard InChI is InChI=1S/C30H29Cl2F3N4O2.C14H11F3N2O/c31-20-9-8-18(26(32)13-20)17-39-23-10-11-24(39)15-22(14-23)38-28(40)16-36-29(41)25-6-1-2-7-27(25)37-21-5-3-4-19(12-21)30(33,34)35;15-14(16,17)9-4-3-5-10(8-9)19-12-7-2-1-6-11(12)13(18)20/h1-9,12-13,22-24,37H,10-11,14-17H2,(H,36,41)(H,38,40);1-8,19H,(H2,18,20)/t22?,23-,24+;. The van der Waals surface area contributed by atoms with Crippen molar-refractivity contribution in [2.75, 3.05) is 17.2 Å². The Balaban J connectivity index is 0.000000260. The number of benzene rings is 5. The number of hydrogen-bond donors (Lipinski definition) is 5. The van der Waals surface area contributed by atoms with E-state index in [4.69, 9.17) is 28.9 Å². The van der Waals surface area contributed by atoms with Crippen LogP contribution in [-0.2, 0) is 23.7 Å². The summed E-state index contributed by atoms with van der Waals surface area (Å²) in [4.78, 5) is 39.4. The summed E-state index contributed by atoms with van der Waals surface area (Å²) in [6.45, 7) is 0.517. The van der Waals surface area contributed by atoms with Gasteiger partial charge in [-0.05, 0) is 104 Å². The number of nitrogens with zero attached hydrogens (tertiary/aromatic N) is 1. The van der Waals surface area contributed by atoms with Gasteiger partial charge in [-0.1, -0.05) is 65.7 Å². The molecule has 320 valence electrons. The van der Waals surface area contributed by atoms with E-state index in [2.05, 4.69) is 26.2 Å². The van der Waals surface area contributed by atoms with E-state index in [0.717, 1.165) is 62.1 Å². The molecule has 6 N–H and O–H groups in total. The maximum absolute atomic E-state index is 13.1. The Kier molecular flexibility index (Phi) is 14.2. The lowest BCUT2D eigenvalue weighted by Gasteiger charge is -2.39. The summed E-state index contributed by atoms with van der Waals surface area (Å²) in [5, 5.41) is 12.6. The Bertz CT molecular complexity index is 2370. The molecule has 2 bridgehead atoms. The van der Waals surface area contributed by atoms with Crippen LogP contribution in [0, 0.1) is 0 Å². The van der Waals surface area contributed by atoms with Crippen LogP contribution in [0.4, 0.5) is 49.1 Å². The molecule has 2 aliphatic heterocycles. The number of carbonyl (C=O) groups is 3.